The number of ether oxygens (including phenoxy) is 3. The first kappa shape index (κ1) is 59.1. The predicted molar refractivity (Wildman–Crippen MR) is 319 cm³/mol. The van der Waals surface area contributed by atoms with Crippen LogP contribution in [0, 0.1) is 18.2 Å². The Hall–Kier alpha value is -7.03. The number of fused-ring (bicyclic) bond motifs is 6. The number of carbonyl (C=O) groups excluding carboxylic acids is 4. The summed E-state index contributed by atoms with van der Waals surface area (Å²) in [5.41, 5.74) is 5.07. The molecule has 5 atom stereocenters. The molecule has 11 rings (SSSR count). The highest BCUT2D eigenvalue weighted by Crippen LogP contribution is 2.41. The number of aryl methyl sites for hydroxylation is 2. The molecule has 20 heteroatoms. The fourth-order valence-electron chi connectivity index (χ4n) is 12.3. The zero-order valence-corrected chi connectivity index (χ0v) is 50.1. The maximum atomic E-state index is 17.5. The van der Waals surface area contributed by atoms with Crippen LogP contribution < -0.4 is 20.3 Å². The lowest BCUT2D eigenvalue weighted by Gasteiger charge is -2.44. The fourth-order valence-corrected chi connectivity index (χ4v) is 13.1. The minimum atomic E-state index is -0.881. The van der Waals surface area contributed by atoms with E-state index < -0.39 is 34.8 Å². The maximum Gasteiger partial charge on any atom is 0.410 e. The van der Waals surface area contributed by atoms with Crippen molar-refractivity contribution >= 4 is 62.6 Å². The Kier molecular flexibility index (Phi) is 17.6. The van der Waals surface area contributed by atoms with Crippen molar-refractivity contribution in [1.29, 1.82) is 0 Å². The highest BCUT2D eigenvalue weighted by molar-refractivity contribution is 7.13. The van der Waals surface area contributed by atoms with E-state index in [4.69, 9.17) is 29.2 Å². The summed E-state index contributed by atoms with van der Waals surface area (Å²) in [5.74, 6) is -1.10. The number of hydrogen-bond acceptors (Lipinski definition) is 15. The molecule has 442 valence electrons. The van der Waals surface area contributed by atoms with Crippen molar-refractivity contribution in [3.8, 4) is 33.5 Å². The summed E-state index contributed by atoms with van der Waals surface area (Å²) in [7, 11) is 0. The summed E-state index contributed by atoms with van der Waals surface area (Å²) in [4.78, 5) is 83.0. The highest BCUT2D eigenvalue weighted by Gasteiger charge is 2.44. The van der Waals surface area contributed by atoms with E-state index in [2.05, 4.69) is 25.4 Å². The highest BCUT2D eigenvalue weighted by atomic mass is 32.1. The minimum Gasteiger partial charge on any atom is -0.508 e. The molecule has 5 aliphatic rings. The van der Waals surface area contributed by atoms with Crippen LogP contribution in [0.5, 0.6) is 11.8 Å². The van der Waals surface area contributed by atoms with Crippen LogP contribution in [0.3, 0.4) is 0 Å². The first-order valence-corrected chi connectivity index (χ1v) is 30.3. The lowest BCUT2D eigenvalue weighted by molar-refractivity contribution is -0.145. The quantitative estimate of drug-likeness (QED) is 0.0826. The molecule has 6 aromatic rings. The van der Waals surface area contributed by atoms with Gasteiger partial charge < -0.3 is 44.7 Å². The topological polar surface area (TPSA) is 205 Å². The molecule has 8 heterocycles. The molecule has 2 unspecified atom stereocenters. The second-order valence-electron chi connectivity index (χ2n) is 24.8. The van der Waals surface area contributed by atoms with Crippen molar-refractivity contribution < 1.29 is 42.9 Å². The second kappa shape index (κ2) is 24.7. The van der Waals surface area contributed by atoms with Crippen LogP contribution in [0.4, 0.5) is 15.0 Å². The van der Waals surface area contributed by atoms with E-state index in [0.717, 1.165) is 57.3 Å². The Morgan fingerprint density at radius 3 is 2.35 bits per heavy atom. The number of pyridine rings is 1. The zero-order chi connectivity index (χ0) is 58.9. The monoisotopic (exact) mass is 1150 g/mol. The molecule has 2 bridgehead atoms. The SMILES string of the molecule is CCc1cccc2cc(O)cc(-c3ncc4c(N5CC6CCCC5CN6C(=O)OC(C)(C)C)nc(OCCN5CCC(OCC(=O)N[C@H](C(=O)N6CCC[C@H]6C(=O)N[C@@H](C)c6ccc(-c7scnc7C)cc6)C(C)(C)C)CC5)nc4c3F)c12. The van der Waals surface area contributed by atoms with Crippen LogP contribution >= 0.6 is 11.3 Å². The van der Waals surface area contributed by atoms with Gasteiger partial charge in [-0.25, -0.2) is 14.2 Å². The Bertz CT molecular complexity index is 3360. The van der Waals surface area contributed by atoms with Crippen molar-refractivity contribution in [3.63, 3.8) is 0 Å². The third kappa shape index (κ3) is 13.2. The number of aromatic nitrogens is 4. The first-order chi connectivity index (χ1) is 39.6. The number of carbonyl (C=O) groups is 4. The lowest BCUT2D eigenvalue weighted by Crippen LogP contribution is -2.59. The number of thiazole rings is 1. The molecule has 18 nitrogen and oxygen atoms in total. The molecule has 0 saturated carbocycles. The molecule has 4 amide bonds. The largest absolute Gasteiger partial charge is 0.508 e. The molecule has 5 aliphatic heterocycles. The zero-order valence-electron chi connectivity index (χ0n) is 49.3. The molecule has 3 aromatic heterocycles. The van der Waals surface area contributed by atoms with Crippen LogP contribution in [0.1, 0.15) is 123 Å². The van der Waals surface area contributed by atoms with E-state index in [9.17, 15) is 24.3 Å². The van der Waals surface area contributed by atoms with Crippen molar-refractivity contribution in [2.75, 3.05) is 57.4 Å². The number of benzene rings is 3. The normalized spacial score (nSPS) is 19.7. The van der Waals surface area contributed by atoms with E-state index in [1.54, 1.807) is 34.6 Å². The summed E-state index contributed by atoms with van der Waals surface area (Å²) in [6, 6.07) is 15.0. The van der Waals surface area contributed by atoms with Gasteiger partial charge in [-0.15, -0.1) is 11.3 Å². The lowest BCUT2D eigenvalue weighted by atomic mass is 9.85. The number of amides is 4. The predicted octanol–water partition coefficient (Wildman–Crippen LogP) is 9.92. The molecule has 0 radical (unpaired) electrons. The molecular formula is C63H79FN10O8S. The van der Waals surface area contributed by atoms with Crippen molar-refractivity contribution in [1.82, 2.24) is 45.3 Å². The van der Waals surface area contributed by atoms with E-state index in [-0.39, 0.29) is 78.3 Å². The van der Waals surface area contributed by atoms with E-state index in [1.165, 1.54) is 0 Å². The maximum absolute atomic E-state index is 17.5. The summed E-state index contributed by atoms with van der Waals surface area (Å²) in [6.07, 6.45) is 6.74. The van der Waals surface area contributed by atoms with Gasteiger partial charge in [0.05, 0.1) is 39.7 Å². The van der Waals surface area contributed by atoms with Gasteiger partial charge in [-0.3, -0.25) is 24.3 Å². The fraction of sp³-hybridized carbons (Fsp3) is 0.524. The number of piperidine rings is 1. The number of nitrogens with one attached hydrogen (secondary N) is 2. The Morgan fingerprint density at radius 1 is 0.880 bits per heavy atom. The number of aromatic hydroxyl groups is 1. The van der Waals surface area contributed by atoms with Gasteiger partial charge in [-0.05, 0) is 131 Å². The number of likely N-dealkylation sites (tertiary alicyclic amines) is 2. The van der Waals surface area contributed by atoms with Gasteiger partial charge in [-0.2, -0.15) is 9.97 Å². The molecule has 83 heavy (non-hydrogen) atoms. The van der Waals surface area contributed by atoms with E-state index >= 15 is 4.39 Å². The molecule has 5 saturated heterocycles. The number of piperazine rings is 1. The molecule has 3 N–H and O–H groups in total. The average Bonchev–Trinajstić information content (AvgIpc) is 4.12. The van der Waals surface area contributed by atoms with Gasteiger partial charge in [0.2, 0.25) is 17.7 Å². The van der Waals surface area contributed by atoms with Crippen LogP contribution in [0.25, 0.3) is 43.4 Å². The van der Waals surface area contributed by atoms with Crippen molar-refractivity contribution in [2.24, 2.45) is 5.41 Å². The summed E-state index contributed by atoms with van der Waals surface area (Å²) >= 11 is 1.59. The minimum absolute atomic E-state index is 0.00771. The van der Waals surface area contributed by atoms with Crippen LogP contribution in [-0.4, -0.2) is 152 Å². The number of phenolic OH excluding ortho intramolecular Hbond substituents is 1. The Balaban J connectivity index is 0.768. The summed E-state index contributed by atoms with van der Waals surface area (Å²) < 4.78 is 35.8. The Labute approximate surface area is 489 Å². The van der Waals surface area contributed by atoms with Gasteiger partial charge in [0.25, 0.3) is 0 Å². The van der Waals surface area contributed by atoms with Crippen LogP contribution in [0.15, 0.2) is 66.3 Å². The smallest absolute Gasteiger partial charge is 0.410 e. The van der Waals surface area contributed by atoms with E-state index in [0.29, 0.717) is 88.1 Å². The number of phenols is 1. The average molecular weight is 1160 g/mol. The number of anilines is 1. The van der Waals surface area contributed by atoms with Gasteiger partial charge in [-0.1, -0.05) is 70.2 Å². The summed E-state index contributed by atoms with van der Waals surface area (Å²) in [5, 5.41) is 19.0. The molecular weight excluding hydrogens is 1080 g/mol. The number of nitrogens with zero attached hydrogens (tertiary/aromatic N) is 8. The molecule has 0 aliphatic carbocycles. The summed E-state index contributed by atoms with van der Waals surface area (Å²) in [6.45, 7) is 20.4. The van der Waals surface area contributed by atoms with Gasteiger partial charge in [0.15, 0.2) is 5.82 Å². The molecule has 5 fully saturated rings. The third-order valence-electron chi connectivity index (χ3n) is 16.7. The van der Waals surface area contributed by atoms with Crippen LogP contribution in [0.2, 0.25) is 0 Å². The van der Waals surface area contributed by atoms with Crippen molar-refractivity contribution in [3.05, 3.63) is 88.9 Å². The number of rotatable bonds is 16. The number of halogens is 1. The third-order valence-corrected chi connectivity index (χ3v) is 17.6. The van der Waals surface area contributed by atoms with Gasteiger partial charge in [0.1, 0.15) is 53.7 Å². The molecule has 3 aromatic carbocycles. The van der Waals surface area contributed by atoms with Gasteiger partial charge in [0, 0.05) is 57.1 Å². The second-order valence-corrected chi connectivity index (χ2v) is 25.6. The number of hydrogen-bond donors (Lipinski definition) is 3. The molecule has 0 spiro atoms. The van der Waals surface area contributed by atoms with Gasteiger partial charge >= 0.3 is 12.1 Å². The van der Waals surface area contributed by atoms with E-state index in [1.807, 2.05) is 115 Å². The standard InChI is InChI=1S/C63H79FN10O8S/c1-10-39-14-11-15-42-30-45(75)31-47(51(39)42)53-52(64)54-48(32-65-53)57(73-33-44-17-12-16-43(73)34-74(44)61(79)82-63(7,8)9)70-60(69-54)80-29-28-71-26-23-46(24-27-71)81-35-50(76)68-56(62(4,5)6)59(78)72-25-13-18-49(72)58(77)67-37(2)40-19-21-41(22-20-40)55-38(3)66-36-83-55/h11,14-15,19-22,30-32,36-37,43-44,46,49,56,75H,10,12-13,16-18,23-29,33-35H2,1-9H3,(H,67,77)(H,68,76)/t37-,43?,44?,49-,56+/m0/s1. The Morgan fingerprint density at radius 2 is 1.64 bits per heavy atom. The van der Waals surface area contributed by atoms with Crippen LogP contribution in [-0.2, 0) is 30.3 Å². The first-order valence-electron chi connectivity index (χ1n) is 29.4. The van der Waals surface area contributed by atoms with Crippen molar-refractivity contribution in [2.45, 2.75) is 156 Å².